The van der Waals surface area contributed by atoms with Gasteiger partial charge in [0.15, 0.2) is 11.6 Å². The molecule has 0 aliphatic heterocycles. The summed E-state index contributed by atoms with van der Waals surface area (Å²) in [5.74, 6) is -0.953. The molecule has 0 amide bonds. The molecule has 0 heterocycles. The smallest absolute Gasteiger partial charge is 0.417 e. The van der Waals surface area contributed by atoms with Crippen LogP contribution in [0.2, 0.25) is 5.02 Å². The first-order valence-electron chi connectivity index (χ1n) is 5.17. The molecule has 0 saturated carbocycles. The first-order chi connectivity index (χ1) is 8.88. The maximum absolute atomic E-state index is 13.3. The lowest BCUT2D eigenvalue weighted by Gasteiger charge is -2.12. The molecule has 0 aromatic heterocycles. The van der Waals surface area contributed by atoms with Gasteiger partial charge in [0.25, 0.3) is 0 Å². The molecule has 6 heteroatoms. The predicted octanol–water partition coefficient (Wildman–Crippen LogP) is 5.29. The molecule has 100 valence electrons. The first kappa shape index (κ1) is 13.7. The van der Waals surface area contributed by atoms with Crippen molar-refractivity contribution in [1.29, 1.82) is 0 Å². The molecule has 0 fully saturated rings. The van der Waals surface area contributed by atoms with Gasteiger partial charge in [0.05, 0.1) is 10.6 Å². The average Bonchev–Trinajstić information content (AvgIpc) is 2.33. The van der Waals surface area contributed by atoms with Gasteiger partial charge in [-0.2, -0.15) is 13.2 Å². The number of benzene rings is 2. The second-order valence-electron chi connectivity index (χ2n) is 3.67. The van der Waals surface area contributed by atoms with Crippen LogP contribution in [-0.2, 0) is 6.18 Å². The number of hydrogen-bond donors (Lipinski definition) is 0. The number of rotatable bonds is 2. The standard InChI is InChI=1S/C13H7ClF4O/c14-10-6-5-8(7-9(10)13(16,17)18)19-12-4-2-1-3-11(12)15/h1-7H. The van der Waals surface area contributed by atoms with Gasteiger partial charge in [-0.1, -0.05) is 23.7 Å². The van der Waals surface area contributed by atoms with Gasteiger partial charge in [0.2, 0.25) is 0 Å². The van der Waals surface area contributed by atoms with Gasteiger partial charge in [-0.3, -0.25) is 0 Å². The predicted molar refractivity (Wildman–Crippen MR) is 62.9 cm³/mol. The van der Waals surface area contributed by atoms with Crippen molar-refractivity contribution < 1.29 is 22.3 Å². The third-order valence-electron chi connectivity index (χ3n) is 2.31. The SMILES string of the molecule is Fc1ccccc1Oc1ccc(Cl)c(C(F)(F)F)c1. The van der Waals surface area contributed by atoms with Gasteiger partial charge in [0, 0.05) is 0 Å². The van der Waals surface area contributed by atoms with Crippen LogP contribution >= 0.6 is 11.6 Å². The van der Waals surface area contributed by atoms with Crippen molar-refractivity contribution in [2.24, 2.45) is 0 Å². The zero-order chi connectivity index (χ0) is 14.0. The van der Waals surface area contributed by atoms with Crippen LogP contribution in [0.5, 0.6) is 11.5 Å². The first-order valence-corrected chi connectivity index (χ1v) is 5.55. The van der Waals surface area contributed by atoms with E-state index in [9.17, 15) is 17.6 Å². The molecule has 0 aliphatic rings. The van der Waals surface area contributed by atoms with E-state index >= 15 is 0 Å². The summed E-state index contributed by atoms with van der Waals surface area (Å²) < 4.78 is 56.3. The fourth-order valence-electron chi connectivity index (χ4n) is 1.44. The summed E-state index contributed by atoms with van der Waals surface area (Å²) in [6, 6.07) is 8.46. The summed E-state index contributed by atoms with van der Waals surface area (Å²) in [5, 5.41) is -0.437. The highest BCUT2D eigenvalue weighted by molar-refractivity contribution is 6.31. The molecule has 2 aromatic carbocycles. The van der Waals surface area contributed by atoms with Crippen molar-refractivity contribution >= 4 is 11.6 Å². The Morgan fingerprint density at radius 2 is 1.68 bits per heavy atom. The van der Waals surface area contributed by atoms with Crippen LogP contribution in [0.3, 0.4) is 0 Å². The molecule has 2 aromatic rings. The molecule has 0 unspecified atom stereocenters. The Labute approximate surface area is 111 Å². The molecule has 19 heavy (non-hydrogen) atoms. The minimum absolute atomic E-state index is 0.137. The quantitative estimate of drug-likeness (QED) is 0.683. The van der Waals surface area contributed by atoms with Gasteiger partial charge >= 0.3 is 6.18 Å². The van der Waals surface area contributed by atoms with Crippen LogP contribution < -0.4 is 4.74 Å². The molecule has 0 spiro atoms. The molecule has 0 aliphatic carbocycles. The fourth-order valence-corrected chi connectivity index (χ4v) is 1.66. The number of halogens is 5. The molecule has 0 N–H and O–H groups in total. The van der Waals surface area contributed by atoms with Crippen LogP contribution in [0.1, 0.15) is 5.56 Å². The van der Waals surface area contributed by atoms with Gasteiger partial charge < -0.3 is 4.74 Å². The number of hydrogen-bond acceptors (Lipinski definition) is 1. The van der Waals surface area contributed by atoms with Gasteiger partial charge in [-0.15, -0.1) is 0 Å². The van der Waals surface area contributed by atoms with E-state index < -0.39 is 22.6 Å². The van der Waals surface area contributed by atoms with Gasteiger partial charge in [-0.05, 0) is 30.3 Å². The fraction of sp³-hybridized carbons (Fsp3) is 0.0769. The highest BCUT2D eigenvalue weighted by atomic mass is 35.5. The van der Waals surface area contributed by atoms with Crippen molar-refractivity contribution in [1.82, 2.24) is 0 Å². The zero-order valence-corrected chi connectivity index (χ0v) is 10.1. The van der Waals surface area contributed by atoms with Crippen molar-refractivity contribution in [2.45, 2.75) is 6.18 Å². The van der Waals surface area contributed by atoms with E-state index in [4.69, 9.17) is 16.3 Å². The Hall–Kier alpha value is -1.75. The van der Waals surface area contributed by atoms with Crippen LogP contribution in [0.15, 0.2) is 42.5 Å². The average molecular weight is 291 g/mol. The third kappa shape index (κ3) is 3.17. The lowest BCUT2D eigenvalue weighted by atomic mass is 10.2. The minimum atomic E-state index is -4.59. The van der Waals surface area contributed by atoms with E-state index in [1.165, 1.54) is 24.3 Å². The van der Waals surface area contributed by atoms with Crippen LogP contribution in [0.4, 0.5) is 17.6 Å². The highest BCUT2D eigenvalue weighted by Crippen LogP contribution is 2.37. The molecule has 0 saturated heterocycles. The summed E-state index contributed by atoms with van der Waals surface area (Å²) in [5.41, 5.74) is -1.02. The summed E-state index contributed by atoms with van der Waals surface area (Å²) in [6.45, 7) is 0. The lowest BCUT2D eigenvalue weighted by molar-refractivity contribution is -0.137. The molecular weight excluding hydrogens is 284 g/mol. The van der Waals surface area contributed by atoms with E-state index in [1.807, 2.05) is 0 Å². The normalized spacial score (nSPS) is 11.4. The molecule has 0 radical (unpaired) electrons. The Balaban J connectivity index is 2.35. The van der Waals surface area contributed by atoms with E-state index in [0.717, 1.165) is 18.2 Å². The van der Waals surface area contributed by atoms with Crippen LogP contribution in [0.25, 0.3) is 0 Å². The Bertz CT molecular complexity index is 595. The molecule has 0 bridgehead atoms. The third-order valence-corrected chi connectivity index (χ3v) is 2.64. The van der Waals surface area contributed by atoms with Crippen molar-refractivity contribution in [2.75, 3.05) is 0 Å². The summed E-state index contributed by atoms with van der Waals surface area (Å²) in [7, 11) is 0. The summed E-state index contributed by atoms with van der Waals surface area (Å²) in [6.07, 6.45) is -4.59. The van der Waals surface area contributed by atoms with Crippen LogP contribution in [0, 0.1) is 5.82 Å². The number of para-hydroxylation sites is 1. The van der Waals surface area contributed by atoms with Gasteiger partial charge in [0.1, 0.15) is 5.75 Å². The lowest BCUT2D eigenvalue weighted by Crippen LogP contribution is -2.06. The monoisotopic (exact) mass is 290 g/mol. The maximum Gasteiger partial charge on any atom is 0.417 e. The highest BCUT2D eigenvalue weighted by Gasteiger charge is 2.33. The van der Waals surface area contributed by atoms with E-state index in [-0.39, 0.29) is 11.5 Å². The topological polar surface area (TPSA) is 9.23 Å². The van der Waals surface area contributed by atoms with E-state index in [1.54, 1.807) is 0 Å². The largest absolute Gasteiger partial charge is 0.454 e. The maximum atomic E-state index is 13.3. The van der Waals surface area contributed by atoms with Crippen molar-refractivity contribution in [3.05, 3.63) is 58.9 Å². The zero-order valence-electron chi connectivity index (χ0n) is 9.34. The Morgan fingerprint density at radius 3 is 2.32 bits per heavy atom. The van der Waals surface area contributed by atoms with E-state index in [2.05, 4.69) is 0 Å². The van der Waals surface area contributed by atoms with Crippen LogP contribution in [-0.4, -0.2) is 0 Å². The second-order valence-corrected chi connectivity index (χ2v) is 4.08. The van der Waals surface area contributed by atoms with Gasteiger partial charge in [-0.25, -0.2) is 4.39 Å². The van der Waals surface area contributed by atoms with Crippen molar-refractivity contribution in [3.63, 3.8) is 0 Å². The Kier molecular flexibility index (Phi) is 3.66. The molecule has 2 rings (SSSR count). The number of alkyl halides is 3. The minimum Gasteiger partial charge on any atom is -0.454 e. The summed E-state index contributed by atoms with van der Waals surface area (Å²) >= 11 is 5.47. The second kappa shape index (κ2) is 5.09. The van der Waals surface area contributed by atoms with Crippen molar-refractivity contribution in [3.8, 4) is 11.5 Å². The Morgan fingerprint density at radius 1 is 1.00 bits per heavy atom. The molecule has 0 atom stereocenters. The molecular formula is C13H7ClF4O. The van der Waals surface area contributed by atoms with E-state index in [0.29, 0.717) is 0 Å². The summed E-state index contributed by atoms with van der Waals surface area (Å²) in [4.78, 5) is 0. The molecule has 1 nitrogen and oxygen atoms in total. The number of ether oxygens (including phenoxy) is 1.